The third-order valence-electron chi connectivity index (χ3n) is 2.20. The van der Waals surface area contributed by atoms with Crippen LogP contribution in [0.25, 0.3) is 4.85 Å². The number of hydrogen-bond donors (Lipinski definition) is 1. The van der Waals surface area contributed by atoms with E-state index in [1.807, 2.05) is 0 Å². The molecule has 16 heavy (non-hydrogen) atoms. The molecule has 0 radical (unpaired) electrons. The minimum Gasteiger partial charge on any atom is -0.486 e. The van der Waals surface area contributed by atoms with Gasteiger partial charge in [0.2, 0.25) is 0 Å². The quantitative estimate of drug-likeness (QED) is 0.429. The molecule has 0 saturated carbocycles. The number of carbonyl (C=O) groups excluding carboxylic acids is 2. The average Bonchev–Trinajstić information content (AvgIpc) is 2.15. The van der Waals surface area contributed by atoms with Crippen LogP contribution in [-0.2, 0) is 14.4 Å². The van der Waals surface area contributed by atoms with Gasteiger partial charge in [0.15, 0.2) is 5.78 Å². The maximum Gasteiger partial charge on any atom is 0.333 e. The van der Waals surface area contributed by atoms with E-state index < -0.39 is 17.4 Å². The first kappa shape index (κ1) is 11.9. The van der Waals surface area contributed by atoms with Gasteiger partial charge in [-0.1, -0.05) is 5.57 Å². The standard InChI is InChI=1S/C11H9NO4/c1-6-3-7(13)4-10(14)8(6)5-9(12-2)11(15)16/h5H,3-4H2,1H3,(H,15,16)/b9-5-. The highest BCUT2D eigenvalue weighted by atomic mass is 16.4. The van der Waals surface area contributed by atoms with Crippen LogP contribution < -0.4 is 0 Å². The molecular weight excluding hydrogens is 210 g/mol. The van der Waals surface area contributed by atoms with E-state index in [0.29, 0.717) is 5.57 Å². The van der Waals surface area contributed by atoms with Gasteiger partial charge in [-0.3, -0.25) is 14.4 Å². The summed E-state index contributed by atoms with van der Waals surface area (Å²) in [5, 5.41) is 8.65. The van der Waals surface area contributed by atoms with Crippen molar-refractivity contribution < 1.29 is 19.5 Å². The third kappa shape index (κ3) is 2.42. The van der Waals surface area contributed by atoms with Crippen molar-refractivity contribution in [2.24, 2.45) is 0 Å². The lowest BCUT2D eigenvalue weighted by atomic mass is 9.90. The molecule has 5 heteroatoms. The van der Waals surface area contributed by atoms with E-state index in [1.165, 1.54) is 0 Å². The molecule has 0 aliphatic heterocycles. The van der Waals surface area contributed by atoms with Gasteiger partial charge < -0.3 is 5.11 Å². The lowest BCUT2D eigenvalue weighted by Crippen LogP contribution is -2.17. The summed E-state index contributed by atoms with van der Waals surface area (Å²) in [6, 6.07) is 0. The Morgan fingerprint density at radius 3 is 2.50 bits per heavy atom. The summed E-state index contributed by atoms with van der Waals surface area (Å²) in [6.07, 6.45) is 0.968. The van der Waals surface area contributed by atoms with Gasteiger partial charge in [0, 0.05) is 12.0 Å². The van der Waals surface area contributed by atoms with Crippen LogP contribution in [0.4, 0.5) is 0 Å². The van der Waals surface area contributed by atoms with Crippen LogP contribution in [0.5, 0.6) is 0 Å². The highest BCUT2D eigenvalue weighted by Gasteiger charge is 2.23. The van der Waals surface area contributed by atoms with Crippen molar-refractivity contribution in [1.82, 2.24) is 0 Å². The van der Waals surface area contributed by atoms with Crippen LogP contribution in [0.2, 0.25) is 0 Å². The Hall–Kier alpha value is -2.22. The first-order chi connectivity index (χ1) is 7.45. The Bertz CT molecular complexity index is 477. The number of aliphatic carboxylic acids is 1. The zero-order valence-electron chi connectivity index (χ0n) is 8.61. The van der Waals surface area contributed by atoms with Gasteiger partial charge in [-0.15, -0.1) is 0 Å². The van der Waals surface area contributed by atoms with Crippen molar-refractivity contribution in [3.05, 3.63) is 34.3 Å². The molecule has 0 saturated heterocycles. The molecule has 0 fully saturated rings. The van der Waals surface area contributed by atoms with E-state index in [0.717, 1.165) is 6.08 Å². The van der Waals surface area contributed by atoms with Gasteiger partial charge in [-0.05, 0) is 13.0 Å². The monoisotopic (exact) mass is 219 g/mol. The van der Waals surface area contributed by atoms with Crippen LogP contribution in [0.1, 0.15) is 19.8 Å². The molecule has 0 aromatic heterocycles. The Kier molecular flexibility index (Phi) is 3.36. The van der Waals surface area contributed by atoms with E-state index >= 15 is 0 Å². The second-order valence-corrected chi connectivity index (χ2v) is 3.46. The summed E-state index contributed by atoms with van der Waals surface area (Å²) >= 11 is 0. The normalized spacial score (nSPS) is 17.4. The Balaban J connectivity index is 3.19. The fraction of sp³-hybridized carbons (Fsp3) is 0.273. The fourth-order valence-electron chi connectivity index (χ4n) is 1.45. The minimum atomic E-state index is -1.37. The molecule has 5 nitrogen and oxygen atoms in total. The van der Waals surface area contributed by atoms with Crippen molar-refractivity contribution in [1.29, 1.82) is 0 Å². The molecule has 1 aliphatic rings. The van der Waals surface area contributed by atoms with E-state index in [9.17, 15) is 14.4 Å². The number of carboxylic acids is 1. The zero-order chi connectivity index (χ0) is 12.3. The van der Waals surface area contributed by atoms with Crippen LogP contribution in [-0.4, -0.2) is 22.6 Å². The number of carboxylic acid groups (broad SMARTS) is 1. The van der Waals surface area contributed by atoms with Crippen molar-refractivity contribution in [3.63, 3.8) is 0 Å². The lowest BCUT2D eigenvalue weighted by Gasteiger charge is -2.12. The molecule has 1 rings (SSSR count). The van der Waals surface area contributed by atoms with Crippen LogP contribution >= 0.6 is 0 Å². The first-order valence-electron chi connectivity index (χ1n) is 4.52. The number of carbonyl (C=O) groups is 3. The minimum absolute atomic E-state index is 0.141. The van der Waals surface area contributed by atoms with Crippen molar-refractivity contribution in [2.45, 2.75) is 19.8 Å². The van der Waals surface area contributed by atoms with Crippen molar-refractivity contribution in [3.8, 4) is 0 Å². The number of ketones is 2. The molecule has 0 aromatic carbocycles. The number of hydrogen-bond acceptors (Lipinski definition) is 3. The van der Waals surface area contributed by atoms with Gasteiger partial charge >= 0.3 is 5.97 Å². The van der Waals surface area contributed by atoms with E-state index in [-0.39, 0.29) is 24.2 Å². The summed E-state index contributed by atoms with van der Waals surface area (Å²) in [7, 11) is 0. The summed E-state index contributed by atoms with van der Waals surface area (Å²) in [4.78, 5) is 35.9. The van der Waals surface area contributed by atoms with Gasteiger partial charge in [0.05, 0.1) is 13.0 Å². The third-order valence-corrected chi connectivity index (χ3v) is 2.20. The van der Waals surface area contributed by atoms with Crippen LogP contribution in [0.15, 0.2) is 22.9 Å². The molecule has 0 atom stereocenters. The second-order valence-electron chi connectivity index (χ2n) is 3.46. The predicted octanol–water partition coefficient (Wildman–Crippen LogP) is 1.12. The molecule has 0 heterocycles. The van der Waals surface area contributed by atoms with E-state index in [1.54, 1.807) is 6.92 Å². The van der Waals surface area contributed by atoms with E-state index in [2.05, 4.69) is 4.85 Å². The molecule has 0 unspecified atom stereocenters. The summed E-state index contributed by atoms with van der Waals surface area (Å²) < 4.78 is 0. The maximum atomic E-state index is 11.5. The number of allylic oxidation sites excluding steroid dienone is 3. The first-order valence-corrected chi connectivity index (χ1v) is 4.52. The fourth-order valence-corrected chi connectivity index (χ4v) is 1.45. The van der Waals surface area contributed by atoms with Crippen LogP contribution in [0, 0.1) is 6.57 Å². The number of nitrogens with zero attached hydrogens (tertiary/aromatic N) is 1. The summed E-state index contributed by atoms with van der Waals surface area (Å²) in [5.41, 5.74) is 0.175. The lowest BCUT2D eigenvalue weighted by molar-refractivity contribution is -0.132. The molecular formula is C11H9NO4. The molecule has 82 valence electrons. The zero-order valence-corrected chi connectivity index (χ0v) is 8.61. The molecule has 0 amide bonds. The van der Waals surface area contributed by atoms with E-state index in [4.69, 9.17) is 11.7 Å². The molecule has 0 aromatic rings. The van der Waals surface area contributed by atoms with Crippen LogP contribution in [0.3, 0.4) is 0 Å². The average molecular weight is 219 g/mol. The highest BCUT2D eigenvalue weighted by molar-refractivity contribution is 6.13. The van der Waals surface area contributed by atoms with Crippen molar-refractivity contribution >= 4 is 17.5 Å². The van der Waals surface area contributed by atoms with Gasteiger partial charge in [0.25, 0.3) is 5.70 Å². The largest absolute Gasteiger partial charge is 0.486 e. The van der Waals surface area contributed by atoms with Gasteiger partial charge in [-0.2, -0.15) is 0 Å². The van der Waals surface area contributed by atoms with Crippen molar-refractivity contribution in [2.75, 3.05) is 0 Å². The number of Topliss-reactive ketones (excluding diaryl/α,β-unsaturated/α-hetero) is 2. The Morgan fingerprint density at radius 1 is 1.44 bits per heavy atom. The Morgan fingerprint density at radius 2 is 2.06 bits per heavy atom. The highest BCUT2D eigenvalue weighted by Crippen LogP contribution is 2.21. The molecule has 1 aliphatic carbocycles. The molecule has 0 spiro atoms. The Labute approximate surface area is 91.9 Å². The maximum absolute atomic E-state index is 11.5. The molecule has 0 bridgehead atoms. The molecule has 1 N–H and O–H groups in total. The summed E-state index contributed by atoms with van der Waals surface area (Å²) in [6.45, 7) is 8.24. The summed E-state index contributed by atoms with van der Waals surface area (Å²) in [5.74, 6) is -1.98. The smallest absolute Gasteiger partial charge is 0.333 e. The topological polar surface area (TPSA) is 75.8 Å². The van der Waals surface area contributed by atoms with Gasteiger partial charge in [0.1, 0.15) is 5.78 Å². The SMILES string of the molecule is [C-]#[N+]/C(=C\C1=C(C)CC(=O)CC1=O)C(=O)O. The van der Waals surface area contributed by atoms with Gasteiger partial charge in [-0.25, -0.2) is 4.85 Å². The predicted molar refractivity (Wildman–Crippen MR) is 54.3 cm³/mol. The number of rotatable bonds is 2. The second kappa shape index (κ2) is 4.53.